The summed E-state index contributed by atoms with van der Waals surface area (Å²) in [6, 6.07) is 95.3. The van der Waals surface area contributed by atoms with Crippen LogP contribution in [0, 0.1) is 88.9 Å². The second-order valence-corrected chi connectivity index (χ2v) is 45.2. The van der Waals surface area contributed by atoms with Crippen LogP contribution in [0.3, 0.4) is 0 Å². The van der Waals surface area contributed by atoms with E-state index in [0.717, 1.165) is 62.7 Å². The number of rotatable bonds is 15. The van der Waals surface area contributed by atoms with Gasteiger partial charge in [-0.2, -0.15) is 111 Å². The number of para-hydroxylation sites is 3. The van der Waals surface area contributed by atoms with E-state index in [9.17, 15) is 0 Å². The number of benzene rings is 9. The molecular weight excluding hydrogens is 2350 g/mol. The predicted molar refractivity (Wildman–Crippen MR) is 597 cm³/mol. The molecule has 786 valence electrons. The fourth-order valence-electron chi connectivity index (χ4n) is 23.8. The van der Waals surface area contributed by atoms with Gasteiger partial charge in [-0.15, -0.1) is 125 Å². The van der Waals surface area contributed by atoms with Gasteiger partial charge in [-0.1, -0.05) is 115 Å². The molecule has 12 aromatic rings. The third kappa shape index (κ3) is 36.6. The van der Waals surface area contributed by atoms with E-state index in [1.807, 2.05) is 236 Å². The Hall–Kier alpha value is -9.06. The van der Waals surface area contributed by atoms with E-state index in [0.29, 0.717) is 57.7 Å². The predicted octanol–water partition coefficient (Wildman–Crippen LogP) is 29.7. The van der Waals surface area contributed by atoms with Crippen molar-refractivity contribution in [2.24, 2.45) is 32.5 Å². The van der Waals surface area contributed by atoms with Crippen molar-refractivity contribution in [3.8, 4) is 33.8 Å². The fraction of sp³-hybridized carbons (Fsp3) is 0.442. The molecule has 0 amide bonds. The van der Waals surface area contributed by atoms with Gasteiger partial charge < -0.3 is 75.0 Å². The summed E-state index contributed by atoms with van der Waals surface area (Å²) in [4.78, 5) is 26.1. The second kappa shape index (κ2) is 57.4. The largest absolute Gasteiger partial charge is 3.00 e. The normalized spacial score (nSPS) is 19.2. The minimum absolute atomic E-state index is 0. The summed E-state index contributed by atoms with van der Waals surface area (Å²) in [5.74, 6) is 2.16. The van der Waals surface area contributed by atoms with Gasteiger partial charge in [-0.05, 0) is 389 Å². The molecule has 21 rings (SSSR count). The molecule has 3 aliphatic heterocycles. The van der Waals surface area contributed by atoms with Gasteiger partial charge >= 0.3 is 60.3 Å². The average molecular weight is 2510 g/mol. The van der Waals surface area contributed by atoms with Crippen molar-refractivity contribution in [3.63, 3.8) is 0 Å². The minimum Gasteiger partial charge on any atom is -0.510 e. The summed E-state index contributed by atoms with van der Waals surface area (Å²) in [6.45, 7) is 30.9. The first-order chi connectivity index (χ1) is 69.1. The summed E-state index contributed by atoms with van der Waals surface area (Å²) < 4.78 is 0. The number of pyridine rings is 3. The van der Waals surface area contributed by atoms with Gasteiger partial charge in [0.05, 0.1) is 36.6 Å². The van der Waals surface area contributed by atoms with Gasteiger partial charge in [-0.25, -0.2) is 0 Å². The molecule has 6 atom stereocenters. The van der Waals surface area contributed by atoms with Crippen LogP contribution in [0.2, 0.25) is 0 Å². The standard InChI is InChI=1S/C30H36N.C28H32N.C26H28N.3C10H10N2.3C5H12O2.3Ir/c1-28(2)19-29(3,4)21-30(20-28)15-12-22(13-16-30)24-10-11-26-25(18-24)14-17-31-27(26)23-8-6-5-7-9-23;1-27(2)15-17-28(18-16-27)13-10-21(11-14-28)23-8-9-25-24(20-23)12-19-29-26(25)22-6-4-3-5-7-22;1-3-7-21(8-4-1)25-24-10-9-22(19-23(24)13-18-27-25)20-11-16-26(17-12-20)14-5-2-6-15-26;3*1-11-7-8-12(9-11)10-5-3-2-4-6-10;3*1-4(6)3-5(2)7;;;/h5-8,10-11,14,17-18,22H,12-13,15-16,19-21H2,1-4H3;3-6,8-9,12,19-21H,10-11,13-18H2,1-2H3;1,3-4,7,9-10,13,18-20H,2,5-6,11-12,14-17H2;3*2-5,7-9H,1H3;3*4-7H,3H2,1-2H3;;;/q3*-1;3*-2;;;;3*+3. The molecule has 9 aromatic carbocycles. The Balaban J connectivity index is 0.000000178. The summed E-state index contributed by atoms with van der Waals surface area (Å²) in [5.41, 5.74) is 17.6. The van der Waals surface area contributed by atoms with Crippen LogP contribution in [0.5, 0.6) is 0 Å². The molecule has 3 aromatic heterocycles. The Morgan fingerprint density at radius 3 is 0.816 bits per heavy atom. The van der Waals surface area contributed by atoms with Crippen LogP contribution in [0.15, 0.2) is 274 Å². The molecule has 147 heavy (non-hydrogen) atoms. The minimum atomic E-state index is -0.375. The molecule has 6 N–H and O–H groups in total. The number of hydrogen-bond donors (Lipinski definition) is 6. The van der Waals surface area contributed by atoms with Crippen molar-refractivity contribution in [2.75, 3.05) is 35.8 Å². The van der Waals surface area contributed by atoms with Gasteiger partial charge in [-0.3, -0.25) is 0 Å². The van der Waals surface area contributed by atoms with Crippen molar-refractivity contribution in [3.05, 3.63) is 347 Å². The Morgan fingerprint density at radius 2 is 0.571 bits per heavy atom. The van der Waals surface area contributed by atoms with Crippen molar-refractivity contribution in [1.82, 2.24) is 29.7 Å². The molecule has 18 heteroatoms. The van der Waals surface area contributed by atoms with E-state index in [1.54, 1.807) is 41.5 Å². The Morgan fingerprint density at radius 1 is 0.299 bits per heavy atom. The third-order valence-electron chi connectivity index (χ3n) is 30.3. The smallest absolute Gasteiger partial charge is 0.510 e. The summed E-state index contributed by atoms with van der Waals surface area (Å²) >= 11 is 0. The summed E-state index contributed by atoms with van der Waals surface area (Å²) in [6.07, 6.45) is 51.0. The monoisotopic (exact) mass is 2510 g/mol. The second-order valence-electron chi connectivity index (χ2n) is 45.2. The van der Waals surface area contributed by atoms with E-state index in [1.165, 1.54) is 203 Å². The molecule has 6 heterocycles. The number of anilines is 3. The summed E-state index contributed by atoms with van der Waals surface area (Å²) in [7, 11) is 6.00. The number of aliphatic hydroxyl groups is 6. The van der Waals surface area contributed by atoms with Crippen LogP contribution < -0.4 is 14.7 Å². The molecule has 9 aliphatic rings. The Kier molecular flexibility index (Phi) is 46.8. The molecule has 0 bridgehead atoms. The number of aliphatic hydroxyl groups excluding tert-OH is 6. The van der Waals surface area contributed by atoms with E-state index < -0.39 is 0 Å². The van der Waals surface area contributed by atoms with Crippen molar-refractivity contribution in [1.29, 1.82) is 0 Å². The molecule has 0 saturated heterocycles. The molecule has 6 fully saturated rings. The zero-order valence-corrected chi connectivity index (χ0v) is 96.9. The van der Waals surface area contributed by atoms with Crippen molar-refractivity contribution < 1.29 is 91.0 Å². The van der Waals surface area contributed by atoms with E-state index in [-0.39, 0.29) is 96.9 Å². The first-order valence-corrected chi connectivity index (χ1v) is 53.2. The number of hydrogen-bond acceptors (Lipinski definition) is 15. The molecular formula is C129H162Ir3N9O6. The molecule has 0 radical (unpaired) electrons. The molecule has 6 unspecified atom stereocenters. The van der Waals surface area contributed by atoms with Gasteiger partial charge in [0.2, 0.25) is 0 Å². The fourth-order valence-corrected chi connectivity index (χ4v) is 23.8. The van der Waals surface area contributed by atoms with Gasteiger partial charge in [0.15, 0.2) is 0 Å². The van der Waals surface area contributed by atoms with Gasteiger partial charge in [0.25, 0.3) is 0 Å². The van der Waals surface area contributed by atoms with Gasteiger partial charge in [0, 0.05) is 18.6 Å². The quantitative estimate of drug-likeness (QED) is 0.0534. The van der Waals surface area contributed by atoms with E-state index in [2.05, 4.69) is 202 Å². The van der Waals surface area contributed by atoms with Gasteiger partial charge in [0.1, 0.15) is 0 Å². The van der Waals surface area contributed by atoms with Crippen LogP contribution in [-0.4, -0.2) is 118 Å². The number of fused-ring (bicyclic) bond motifs is 3. The van der Waals surface area contributed by atoms with Crippen molar-refractivity contribution in [2.45, 2.75) is 311 Å². The van der Waals surface area contributed by atoms with Crippen LogP contribution in [0.25, 0.3) is 66.1 Å². The average Bonchev–Trinajstić information content (AvgIpc) is 1.38. The summed E-state index contributed by atoms with van der Waals surface area (Å²) in [5, 5.41) is 59.0. The number of nitrogens with zero attached hydrogens (tertiary/aromatic N) is 9. The van der Waals surface area contributed by atoms with Crippen LogP contribution in [-0.2, 0) is 60.3 Å². The molecule has 3 spiro atoms. The zero-order valence-electron chi connectivity index (χ0n) is 89.7. The van der Waals surface area contributed by atoms with Crippen molar-refractivity contribution >= 4 is 49.4 Å². The third-order valence-corrected chi connectivity index (χ3v) is 30.3. The topological polar surface area (TPSA) is 179 Å². The first kappa shape index (κ1) is 120. The van der Waals surface area contributed by atoms with Crippen LogP contribution in [0.1, 0.15) is 291 Å². The van der Waals surface area contributed by atoms with Crippen LogP contribution >= 0.6 is 0 Å². The maximum atomic E-state index is 8.56. The first-order valence-electron chi connectivity index (χ1n) is 53.2. The van der Waals surface area contributed by atoms with E-state index >= 15 is 0 Å². The molecule has 6 aliphatic carbocycles. The molecule has 15 nitrogen and oxygen atoms in total. The maximum absolute atomic E-state index is 8.56. The molecule has 6 saturated carbocycles. The Bertz CT molecular complexity index is 5710. The maximum Gasteiger partial charge on any atom is 3.00 e. The number of aromatic nitrogens is 3. The Labute approximate surface area is 922 Å². The SMILES string of the molecule is CC(O)CC(C)O.CC(O)CC(C)O.CC(O)CC(C)O.CC1(C)CC(C)(C)CC2(CCC(c3ccc4c(-c5[c-]cccc5)nccc4c3)CC2)C1.CC1(C)CCC2(CCC(c3ccc4c(-c5[c-]cccc5)nccc4c3)CC2)CC1.CN1C=CN(c2[c-]cccc2)[CH-]1.CN1C=CN(c2[c-]cccc2)[CH-]1.CN1C=CN(c2[c-]cccc2)[CH-]1.[Ir+3].[Ir+3].[Ir+3].[c-]1ccccc1-c1nccc2cc(C3CCC4(CCCCC4)CC3)ccc12. The van der Waals surface area contributed by atoms with E-state index in [4.69, 9.17) is 30.6 Å². The zero-order chi connectivity index (χ0) is 102. The van der Waals surface area contributed by atoms with Crippen LogP contribution in [0.4, 0.5) is 17.1 Å².